The maximum atomic E-state index is 12.9. The largest absolute Gasteiger partial charge is 0.460 e. The van der Waals surface area contributed by atoms with Crippen LogP contribution in [0.4, 0.5) is 0 Å². The van der Waals surface area contributed by atoms with E-state index in [2.05, 4.69) is 0 Å². The molecule has 8 heteroatoms. The lowest BCUT2D eigenvalue weighted by atomic mass is 9.61. The van der Waals surface area contributed by atoms with Gasteiger partial charge in [0.05, 0.1) is 6.42 Å². The summed E-state index contributed by atoms with van der Waals surface area (Å²) in [4.78, 5) is 48.9. The van der Waals surface area contributed by atoms with Gasteiger partial charge < -0.3 is 9.47 Å². The average molecular weight is 375 g/mol. The summed E-state index contributed by atoms with van der Waals surface area (Å²) in [6.07, 6.45) is -0.859. The number of esters is 2. The van der Waals surface area contributed by atoms with Crippen LogP contribution >= 0.6 is 0 Å². The minimum atomic E-state index is -1.92. The minimum absolute atomic E-state index is 0.309. The van der Waals surface area contributed by atoms with Gasteiger partial charge in [0, 0.05) is 11.3 Å². The van der Waals surface area contributed by atoms with Crippen molar-refractivity contribution >= 4 is 17.7 Å². The number of benzene rings is 1. The fourth-order valence-corrected chi connectivity index (χ4v) is 4.01. The molecule has 0 N–H and O–H groups in total. The molecule has 0 aromatic heterocycles. The third kappa shape index (κ3) is 3.31. The number of nitro groups is 1. The van der Waals surface area contributed by atoms with Crippen molar-refractivity contribution in [1.29, 1.82) is 0 Å². The predicted molar refractivity (Wildman–Crippen MR) is 92.4 cm³/mol. The second kappa shape index (κ2) is 6.44. The molecule has 8 nitrogen and oxygen atoms in total. The summed E-state index contributed by atoms with van der Waals surface area (Å²) in [6.45, 7) is 5.01. The van der Waals surface area contributed by atoms with Crippen LogP contribution in [0, 0.1) is 16.0 Å². The first-order chi connectivity index (χ1) is 12.5. The fourth-order valence-electron chi connectivity index (χ4n) is 4.01. The highest BCUT2D eigenvalue weighted by molar-refractivity contribution is 6.01. The molecule has 27 heavy (non-hydrogen) atoms. The van der Waals surface area contributed by atoms with Crippen molar-refractivity contribution in [2.45, 2.75) is 56.8 Å². The van der Waals surface area contributed by atoms with Crippen LogP contribution in [-0.4, -0.2) is 39.9 Å². The highest BCUT2D eigenvalue weighted by Gasteiger charge is 2.70. The number of Topliss-reactive ketones (excluding diaryl/α,β-unsaturated/α-hetero) is 1. The molecule has 0 unspecified atom stereocenters. The van der Waals surface area contributed by atoms with Crippen LogP contribution in [0.5, 0.6) is 0 Å². The Hall–Kier alpha value is -2.77. The molecule has 4 atom stereocenters. The van der Waals surface area contributed by atoms with E-state index in [4.69, 9.17) is 9.47 Å². The predicted octanol–water partition coefficient (Wildman–Crippen LogP) is 2.03. The summed E-state index contributed by atoms with van der Waals surface area (Å²) in [5.41, 5.74) is -2.25. The zero-order chi connectivity index (χ0) is 20.0. The monoisotopic (exact) mass is 375 g/mol. The normalized spacial score (nSPS) is 30.0. The Kier molecular flexibility index (Phi) is 4.53. The van der Waals surface area contributed by atoms with Gasteiger partial charge in [0.25, 0.3) is 0 Å². The van der Waals surface area contributed by atoms with Gasteiger partial charge in [-0.1, -0.05) is 30.3 Å². The highest BCUT2D eigenvalue weighted by Crippen LogP contribution is 2.51. The van der Waals surface area contributed by atoms with Gasteiger partial charge in [-0.15, -0.1) is 0 Å². The minimum Gasteiger partial charge on any atom is -0.460 e. The van der Waals surface area contributed by atoms with Crippen molar-refractivity contribution < 1.29 is 28.8 Å². The molecule has 1 aromatic carbocycles. The summed E-state index contributed by atoms with van der Waals surface area (Å²) in [5, 5.41) is 11.8. The number of ether oxygens (including phenoxy) is 2. The number of hydrogen-bond donors (Lipinski definition) is 0. The summed E-state index contributed by atoms with van der Waals surface area (Å²) in [6, 6.07) is 7.04. The molecule has 1 aromatic rings. The van der Waals surface area contributed by atoms with Gasteiger partial charge in [0.15, 0.2) is 11.4 Å². The molecule has 0 amide bonds. The smallest absolute Gasteiger partial charge is 0.317 e. The van der Waals surface area contributed by atoms with Crippen LogP contribution in [-0.2, 0) is 23.9 Å². The molecule has 144 valence electrons. The van der Waals surface area contributed by atoms with Gasteiger partial charge in [0.2, 0.25) is 6.04 Å². The van der Waals surface area contributed by atoms with E-state index in [-0.39, 0.29) is 6.42 Å². The number of carbonyl (C=O) groups is 3. The molecule has 2 heterocycles. The number of carbonyl (C=O) groups excluding carboxylic acids is 3. The van der Waals surface area contributed by atoms with E-state index in [1.807, 2.05) is 0 Å². The summed E-state index contributed by atoms with van der Waals surface area (Å²) < 4.78 is 10.7. The molecule has 3 aliphatic rings. The Bertz CT molecular complexity index is 798. The number of nitrogens with zero attached hydrogens (tertiary/aromatic N) is 1. The Morgan fingerprint density at radius 2 is 1.93 bits per heavy atom. The third-order valence-corrected chi connectivity index (χ3v) is 4.95. The van der Waals surface area contributed by atoms with Crippen molar-refractivity contribution in [3.05, 3.63) is 46.0 Å². The topological polar surface area (TPSA) is 113 Å². The molecule has 0 radical (unpaired) electrons. The zero-order valence-corrected chi connectivity index (χ0v) is 15.3. The molecule has 1 aliphatic carbocycles. The van der Waals surface area contributed by atoms with Gasteiger partial charge in [0.1, 0.15) is 17.4 Å². The van der Waals surface area contributed by atoms with Crippen molar-refractivity contribution in [3.8, 4) is 0 Å². The van der Waals surface area contributed by atoms with E-state index in [1.54, 1.807) is 51.1 Å². The maximum Gasteiger partial charge on any atom is 0.317 e. The first-order valence-electron chi connectivity index (χ1n) is 8.71. The van der Waals surface area contributed by atoms with E-state index in [0.29, 0.717) is 5.56 Å². The van der Waals surface area contributed by atoms with E-state index in [9.17, 15) is 24.5 Å². The summed E-state index contributed by atoms with van der Waals surface area (Å²) >= 11 is 0. The maximum absolute atomic E-state index is 12.9. The zero-order valence-electron chi connectivity index (χ0n) is 15.3. The fraction of sp³-hybridized carbons (Fsp3) is 0.526. The Balaban J connectivity index is 2.10. The third-order valence-electron chi connectivity index (χ3n) is 4.95. The van der Waals surface area contributed by atoms with E-state index in [1.165, 1.54) is 0 Å². The number of ketones is 1. The van der Waals surface area contributed by atoms with Gasteiger partial charge in [-0.2, -0.15) is 0 Å². The van der Waals surface area contributed by atoms with Gasteiger partial charge in [-0.3, -0.25) is 24.5 Å². The van der Waals surface area contributed by atoms with Crippen molar-refractivity contribution in [2.24, 2.45) is 5.92 Å². The molecule has 1 saturated carbocycles. The van der Waals surface area contributed by atoms with Crippen LogP contribution < -0.4 is 0 Å². The first kappa shape index (κ1) is 19.0. The summed E-state index contributed by atoms with van der Waals surface area (Å²) in [7, 11) is 0. The molecule has 2 saturated heterocycles. The summed E-state index contributed by atoms with van der Waals surface area (Å²) in [5.74, 6) is -4.24. The van der Waals surface area contributed by atoms with Crippen molar-refractivity contribution in [3.63, 3.8) is 0 Å². The SMILES string of the molecule is CC(C)(C)OC(=O)C[C@]12OC(=O)[C@H](CC1=O)[C@@H]([N+](=O)[O-])[C@@H]2c1ccccc1. The molecular weight excluding hydrogens is 354 g/mol. The van der Waals surface area contributed by atoms with E-state index >= 15 is 0 Å². The van der Waals surface area contributed by atoms with Crippen LogP contribution in [0.1, 0.15) is 45.1 Å². The molecular formula is C19H21NO7. The van der Waals surface area contributed by atoms with Crippen LogP contribution in [0.25, 0.3) is 0 Å². The standard InChI is InChI=1S/C19H21NO7/c1-18(2,3)26-14(22)10-19-13(21)9-12(17(23)27-19)16(20(24)25)15(19)11-7-5-4-6-8-11/h4-8,12,15-16H,9-10H2,1-3H3/t12-,15+,16-,19+/m1/s1. The second-order valence-electron chi connectivity index (χ2n) is 7.97. The van der Waals surface area contributed by atoms with Gasteiger partial charge in [-0.25, -0.2) is 0 Å². The second-order valence-corrected chi connectivity index (χ2v) is 7.97. The molecule has 4 rings (SSSR count). The molecule has 3 fully saturated rings. The van der Waals surface area contributed by atoms with E-state index < -0.39 is 58.1 Å². The Labute approximate surface area is 156 Å². The number of fused-ring (bicyclic) bond motifs is 3. The highest BCUT2D eigenvalue weighted by atomic mass is 16.6. The van der Waals surface area contributed by atoms with Crippen LogP contribution in [0.3, 0.4) is 0 Å². The van der Waals surface area contributed by atoms with Gasteiger partial charge >= 0.3 is 11.9 Å². The lowest BCUT2D eigenvalue weighted by molar-refractivity contribution is -0.543. The number of hydrogen-bond acceptors (Lipinski definition) is 7. The molecule has 0 spiro atoms. The average Bonchev–Trinajstić information content (AvgIpc) is 2.54. The van der Waals surface area contributed by atoms with Crippen molar-refractivity contribution in [2.75, 3.05) is 0 Å². The van der Waals surface area contributed by atoms with Gasteiger partial charge in [-0.05, 0) is 26.3 Å². The van der Waals surface area contributed by atoms with Crippen LogP contribution in [0.15, 0.2) is 30.3 Å². The van der Waals surface area contributed by atoms with Crippen molar-refractivity contribution in [1.82, 2.24) is 0 Å². The molecule has 2 aliphatic heterocycles. The quantitative estimate of drug-likeness (QED) is 0.449. The van der Waals surface area contributed by atoms with Crippen LogP contribution in [0.2, 0.25) is 0 Å². The lowest BCUT2D eigenvalue weighted by Gasteiger charge is -2.49. The number of rotatable bonds is 4. The molecule has 2 bridgehead atoms. The van der Waals surface area contributed by atoms with E-state index in [0.717, 1.165) is 0 Å². The Morgan fingerprint density at radius 3 is 2.48 bits per heavy atom. The lowest BCUT2D eigenvalue weighted by Crippen LogP contribution is -2.67. The Morgan fingerprint density at radius 1 is 1.30 bits per heavy atom. The first-order valence-corrected chi connectivity index (χ1v) is 8.71.